The summed E-state index contributed by atoms with van der Waals surface area (Å²) in [6.07, 6.45) is 1.50. The summed E-state index contributed by atoms with van der Waals surface area (Å²) in [4.78, 5) is 49.3. The van der Waals surface area contributed by atoms with Gasteiger partial charge in [0.05, 0.1) is 33.2 Å². The van der Waals surface area contributed by atoms with Crippen LogP contribution >= 0.6 is 11.6 Å². The van der Waals surface area contributed by atoms with Crippen molar-refractivity contribution in [1.29, 1.82) is 0 Å². The third-order valence-corrected chi connectivity index (χ3v) is 10.5. The van der Waals surface area contributed by atoms with E-state index in [1.165, 1.54) is 25.3 Å². The van der Waals surface area contributed by atoms with Crippen LogP contribution in [-0.4, -0.2) is 81.4 Å². The van der Waals surface area contributed by atoms with Crippen molar-refractivity contribution >= 4 is 40.1 Å². The molecule has 0 spiro atoms. The molecule has 3 aliphatic heterocycles. The molecule has 6 rings (SSSR count). The number of likely N-dealkylation sites (tertiary alicyclic amines) is 3. The smallest absolute Gasteiger partial charge is 0.397 e. The molecule has 47 heavy (non-hydrogen) atoms. The first-order chi connectivity index (χ1) is 22.5. The third-order valence-electron chi connectivity index (χ3n) is 10.2. The van der Waals surface area contributed by atoms with Crippen molar-refractivity contribution in [2.75, 3.05) is 45.0 Å². The van der Waals surface area contributed by atoms with Crippen molar-refractivity contribution in [2.45, 2.75) is 76.0 Å². The number of anilines is 1. The van der Waals surface area contributed by atoms with Crippen LogP contribution in [0.15, 0.2) is 41.2 Å². The second-order valence-electron chi connectivity index (χ2n) is 13.2. The number of para-hydroxylation sites is 2. The number of nitrogen functional groups attached to an aromatic ring is 1. The standard InChI is InChI=1S/C34H42ClF3N6O3/c35-27-20-22(19-26(31(27)39)34(36,37)38)18-23(32(46)43-16-8-24(9-17-43)41-12-4-1-5-13-41)21-30(45)42-14-10-25(11-15-42)44-29-7-3-2-6-28(29)40-33(44)47/h2-3,6-7,19-20,23-25H,1,4-5,8-18,21,39H2,(H,40,47)/t23-/m0/s1. The van der Waals surface area contributed by atoms with Crippen LogP contribution in [0.3, 0.4) is 0 Å². The van der Waals surface area contributed by atoms with Gasteiger partial charge in [0.1, 0.15) is 0 Å². The van der Waals surface area contributed by atoms with Gasteiger partial charge in [-0.05, 0) is 87.9 Å². The summed E-state index contributed by atoms with van der Waals surface area (Å²) in [6.45, 7) is 4.05. The Balaban J connectivity index is 1.16. The predicted molar refractivity (Wildman–Crippen MR) is 175 cm³/mol. The van der Waals surface area contributed by atoms with Crippen LogP contribution in [0.1, 0.15) is 68.5 Å². The maximum atomic E-state index is 14.0. The van der Waals surface area contributed by atoms with E-state index < -0.39 is 23.3 Å². The van der Waals surface area contributed by atoms with Crippen LogP contribution in [0.5, 0.6) is 0 Å². The van der Waals surface area contributed by atoms with Crippen LogP contribution in [0.25, 0.3) is 11.0 Å². The molecule has 13 heteroatoms. The fraction of sp³-hybridized carbons (Fsp3) is 0.559. The number of nitrogens with one attached hydrogen (secondary N) is 1. The number of benzene rings is 2. The van der Waals surface area contributed by atoms with E-state index >= 15 is 0 Å². The number of carbonyl (C=O) groups excluding carboxylic acids is 2. The van der Waals surface area contributed by atoms with Crippen molar-refractivity contribution in [2.24, 2.45) is 5.92 Å². The molecule has 2 amide bonds. The predicted octanol–water partition coefficient (Wildman–Crippen LogP) is 5.47. The summed E-state index contributed by atoms with van der Waals surface area (Å²) in [5.41, 5.74) is 5.66. The SMILES string of the molecule is Nc1c(Cl)cc(C[C@@H](CC(=O)N2CCC(n3c(=O)[nH]c4ccccc43)CC2)C(=O)N2CCC(N3CCCCC3)CC2)cc1C(F)(F)F. The molecule has 3 N–H and O–H groups in total. The van der Waals surface area contributed by atoms with Crippen LogP contribution < -0.4 is 11.4 Å². The summed E-state index contributed by atoms with van der Waals surface area (Å²) in [5.74, 6) is -1.31. The lowest BCUT2D eigenvalue weighted by Gasteiger charge is -2.41. The zero-order chi connectivity index (χ0) is 33.3. The molecule has 0 bridgehead atoms. The Bertz CT molecular complexity index is 1650. The largest absolute Gasteiger partial charge is 0.418 e. The van der Waals surface area contributed by atoms with E-state index in [0.717, 1.165) is 43.0 Å². The van der Waals surface area contributed by atoms with Gasteiger partial charge in [-0.15, -0.1) is 0 Å². The highest BCUT2D eigenvalue weighted by atomic mass is 35.5. The van der Waals surface area contributed by atoms with Crippen molar-refractivity contribution < 1.29 is 22.8 Å². The molecule has 3 aliphatic rings. The van der Waals surface area contributed by atoms with Gasteiger partial charge in [-0.25, -0.2) is 4.79 Å². The maximum absolute atomic E-state index is 14.0. The first kappa shape index (κ1) is 33.4. The number of aromatic amines is 1. The molecule has 4 heterocycles. The molecule has 2 aromatic carbocycles. The fourth-order valence-electron chi connectivity index (χ4n) is 7.70. The molecule has 1 atom stereocenters. The molecule has 9 nitrogen and oxygen atoms in total. The summed E-state index contributed by atoms with van der Waals surface area (Å²) in [7, 11) is 0. The number of halogens is 4. The van der Waals surface area contributed by atoms with Crippen LogP contribution in [0.2, 0.25) is 5.02 Å². The van der Waals surface area contributed by atoms with Crippen molar-refractivity contribution in [1.82, 2.24) is 24.3 Å². The van der Waals surface area contributed by atoms with E-state index in [-0.39, 0.29) is 47.0 Å². The Kier molecular flexibility index (Phi) is 9.89. The molecule has 0 unspecified atom stereocenters. The maximum Gasteiger partial charge on any atom is 0.418 e. The fourth-order valence-corrected chi connectivity index (χ4v) is 7.94. The van der Waals surface area contributed by atoms with Gasteiger partial charge in [0.2, 0.25) is 11.8 Å². The highest BCUT2D eigenvalue weighted by molar-refractivity contribution is 6.33. The topological polar surface area (TPSA) is 108 Å². The van der Waals surface area contributed by atoms with Crippen LogP contribution in [-0.2, 0) is 22.2 Å². The molecule has 3 aromatic rings. The molecule has 0 saturated carbocycles. The van der Waals surface area contributed by atoms with Crippen molar-refractivity contribution in [3.63, 3.8) is 0 Å². The van der Waals surface area contributed by atoms with Crippen molar-refractivity contribution in [3.8, 4) is 0 Å². The van der Waals surface area contributed by atoms with E-state index in [4.69, 9.17) is 17.3 Å². The first-order valence-electron chi connectivity index (χ1n) is 16.6. The number of amides is 2. The van der Waals surface area contributed by atoms with Gasteiger partial charge in [0.15, 0.2) is 0 Å². The quantitative estimate of drug-likeness (QED) is 0.323. The molecule has 0 radical (unpaired) electrons. The third kappa shape index (κ3) is 7.33. The van der Waals surface area contributed by atoms with E-state index in [9.17, 15) is 27.6 Å². The number of carbonyl (C=O) groups is 2. The number of H-pyrrole nitrogens is 1. The minimum Gasteiger partial charge on any atom is -0.397 e. The normalized spacial score (nSPS) is 19.7. The lowest BCUT2D eigenvalue weighted by molar-refractivity contribution is -0.143. The lowest BCUT2D eigenvalue weighted by atomic mass is 9.91. The minimum atomic E-state index is -4.72. The summed E-state index contributed by atoms with van der Waals surface area (Å²) in [6, 6.07) is 10.1. The van der Waals surface area contributed by atoms with E-state index in [2.05, 4.69) is 9.88 Å². The molecule has 3 fully saturated rings. The van der Waals surface area contributed by atoms with Crippen molar-refractivity contribution in [3.05, 3.63) is 63.0 Å². The Hall–Kier alpha value is -3.51. The van der Waals surface area contributed by atoms with Gasteiger partial charge in [-0.1, -0.05) is 30.2 Å². The number of rotatable bonds is 7. The molecule has 0 aliphatic carbocycles. The number of piperidine rings is 3. The number of nitrogens with two attached hydrogens (primary N) is 1. The summed E-state index contributed by atoms with van der Waals surface area (Å²) < 4.78 is 43.1. The Morgan fingerprint density at radius 1 is 0.915 bits per heavy atom. The monoisotopic (exact) mass is 674 g/mol. The molecule has 3 saturated heterocycles. The number of hydrogen-bond acceptors (Lipinski definition) is 5. The lowest BCUT2D eigenvalue weighted by Crippen LogP contribution is -2.50. The molecule has 1 aromatic heterocycles. The Morgan fingerprint density at radius 3 is 2.23 bits per heavy atom. The Morgan fingerprint density at radius 2 is 1.55 bits per heavy atom. The zero-order valence-corrected chi connectivity index (χ0v) is 27.2. The number of imidazole rings is 1. The molecule has 254 valence electrons. The van der Waals surface area contributed by atoms with Gasteiger partial charge in [0, 0.05) is 44.7 Å². The second kappa shape index (κ2) is 13.9. The number of alkyl halides is 3. The van der Waals surface area contributed by atoms with Gasteiger partial charge >= 0.3 is 11.9 Å². The number of fused-ring (bicyclic) bond motifs is 1. The number of aromatic nitrogens is 2. The Labute approximate surface area is 276 Å². The van der Waals surface area contributed by atoms with E-state index in [1.54, 1.807) is 14.4 Å². The van der Waals surface area contributed by atoms with Crippen LogP contribution in [0.4, 0.5) is 18.9 Å². The van der Waals surface area contributed by atoms with Gasteiger partial charge in [0.25, 0.3) is 0 Å². The van der Waals surface area contributed by atoms with E-state index in [0.29, 0.717) is 45.1 Å². The van der Waals surface area contributed by atoms with Gasteiger partial charge in [-0.3, -0.25) is 14.2 Å². The average molecular weight is 675 g/mol. The second-order valence-corrected chi connectivity index (χ2v) is 13.6. The first-order valence-corrected chi connectivity index (χ1v) is 17.0. The summed E-state index contributed by atoms with van der Waals surface area (Å²) in [5, 5.41) is -0.232. The highest BCUT2D eigenvalue weighted by Gasteiger charge is 2.37. The van der Waals surface area contributed by atoms with Gasteiger partial charge < -0.3 is 25.4 Å². The van der Waals surface area contributed by atoms with E-state index in [1.807, 2.05) is 24.3 Å². The van der Waals surface area contributed by atoms with Crippen LogP contribution in [0, 0.1) is 5.92 Å². The van der Waals surface area contributed by atoms with Gasteiger partial charge in [-0.2, -0.15) is 13.2 Å². The number of hydrogen-bond donors (Lipinski definition) is 2. The average Bonchev–Trinajstić information content (AvgIpc) is 3.41. The number of nitrogens with zero attached hydrogens (tertiary/aromatic N) is 4. The minimum absolute atomic E-state index is 0.0685. The highest BCUT2D eigenvalue weighted by Crippen LogP contribution is 2.38. The molecular weight excluding hydrogens is 633 g/mol. The summed E-state index contributed by atoms with van der Waals surface area (Å²) >= 11 is 6.13. The molecular formula is C34H42ClF3N6O3. The zero-order valence-electron chi connectivity index (χ0n) is 26.4.